The molecule has 0 radical (unpaired) electrons. The molecule has 0 saturated heterocycles. The normalized spacial score (nSPS) is 11.4. The molecule has 0 bridgehead atoms. The van der Waals surface area contributed by atoms with E-state index >= 15 is 0 Å². The molecule has 6 nitrogen and oxygen atoms in total. The van der Waals surface area contributed by atoms with Crippen molar-refractivity contribution in [3.8, 4) is 11.6 Å². The molecule has 3 rings (SSSR count). The van der Waals surface area contributed by atoms with Crippen LogP contribution in [0.2, 0.25) is 5.02 Å². The topological polar surface area (TPSA) is 56.1 Å². The number of aromatic nitrogens is 4. The largest absolute Gasteiger partial charge is 0.474 e. The van der Waals surface area contributed by atoms with Crippen LogP contribution in [0.5, 0.6) is 5.88 Å². The first-order valence-electron chi connectivity index (χ1n) is 9.16. The average molecular weight is 456 g/mol. The van der Waals surface area contributed by atoms with Crippen molar-refractivity contribution in [2.45, 2.75) is 13.1 Å². The molecule has 0 aliphatic heterocycles. The predicted molar refractivity (Wildman–Crippen MR) is 107 cm³/mol. The summed E-state index contributed by atoms with van der Waals surface area (Å²) in [4.78, 5) is 6.71. The Bertz CT molecular complexity index is 1060. The van der Waals surface area contributed by atoms with Crippen LogP contribution in [0.1, 0.15) is 18.1 Å². The van der Waals surface area contributed by atoms with Crippen molar-refractivity contribution in [2.75, 3.05) is 19.7 Å². The van der Waals surface area contributed by atoms with Gasteiger partial charge in [-0.3, -0.25) is 0 Å². The monoisotopic (exact) mass is 455 g/mol. The van der Waals surface area contributed by atoms with E-state index in [9.17, 15) is 17.6 Å². The van der Waals surface area contributed by atoms with Crippen molar-refractivity contribution in [1.82, 2.24) is 24.9 Å². The van der Waals surface area contributed by atoms with Crippen LogP contribution in [0.25, 0.3) is 11.4 Å². The zero-order valence-electron chi connectivity index (χ0n) is 16.4. The minimum Gasteiger partial charge on any atom is -0.474 e. The Hall–Kier alpha value is -3.14. The molecule has 0 fully saturated rings. The van der Waals surface area contributed by atoms with E-state index in [0.717, 1.165) is 5.56 Å². The number of halogens is 5. The molecule has 2 aromatic heterocycles. The molecule has 3 aromatic rings. The van der Waals surface area contributed by atoms with Crippen LogP contribution in [-0.4, -0.2) is 44.6 Å². The van der Waals surface area contributed by atoms with E-state index < -0.39 is 23.4 Å². The van der Waals surface area contributed by atoms with Crippen LogP contribution in [0, 0.1) is 5.82 Å². The zero-order valence-corrected chi connectivity index (χ0v) is 17.2. The molecule has 0 aliphatic rings. The van der Waals surface area contributed by atoms with Gasteiger partial charge in [0.1, 0.15) is 6.61 Å². The van der Waals surface area contributed by atoms with Gasteiger partial charge in [-0.15, -0.1) is 0 Å². The number of nitrogens with zero attached hydrogens (tertiary/aromatic N) is 5. The summed E-state index contributed by atoms with van der Waals surface area (Å²) in [6.45, 7) is 6.82. The standard InChI is InChI=1S/C20H18ClF4N5O/c1-3-29(8-9-31-19-17(22)10-14(12-26-19)20(23,24)25)13(2)16-5-4-15(21)11-18(16)30-27-6-7-28-30/h4-7,10-12H,2-3,8-9H2,1H3. The highest BCUT2D eigenvalue weighted by Gasteiger charge is 2.32. The van der Waals surface area contributed by atoms with E-state index in [1.165, 1.54) is 17.2 Å². The van der Waals surface area contributed by atoms with Crippen LogP contribution in [0.3, 0.4) is 0 Å². The molecule has 164 valence electrons. The Kier molecular flexibility index (Phi) is 6.79. The lowest BCUT2D eigenvalue weighted by atomic mass is 10.1. The fraction of sp³-hybridized carbons (Fsp3) is 0.250. The number of likely N-dealkylation sites (N-methyl/N-ethyl adjacent to an activating group) is 1. The molecule has 1 aromatic carbocycles. The van der Waals surface area contributed by atoms with Gasteiger partial charge in [-0.25, -0.2) is 9.37 Å². The van der Waals surface area contributed by atoms with Crippen molar-refractivity contribution in [3.63, 3.8) is 0 Å². The van der Waals surface area contributed by atoms with E-state index in [1.54, 1.807) is 18.2 Å². The van der Waals surface area contributed by atoms with Gasteiger partial charge in [-0.1, -0.05) is 18.2 Å². The van der Waals surface area contributed by atoms with E-state index in [2.05, 4.69) is 21.8 Å². The first-order valence-corrected chi connectivity index (χ1v) is 9.54. The number of pyridine rings is 1. The van der Waals surface area contributed by atoms with Gasteiger partial charge in [0, 0.05) is 29.0 Å². The lowest BCUT2D eigenvalue weighted by molar-refractivity contribution is -0.138. The Morgan fingerprint density at radius 1 is 1.23 bits per heavy atom. The maximum atomic E-state index is 13.9. The van der Waals surface area contributed by atoms with Crippen LogP contribution in [0.4, 0.5) is 17.6 Å². The molecule has 0 saturated carbocycles. The van der Waals surface area contributed by atoms with Gasteiger partial charge in [0.05, 0.1) is 30.2 Å². The molecule has 2 heterocycles. The lowest BCUT2D eigenvalue weighted by Crippen LogP contribution is -2.27. The van der Waals surface area contributed by atoms with Crippen molar-refractivity contribution in [2.24, 2.45) is 0 Å². The first kappa shape index (κ1) is 22.5. The second-order valence-electron chi connectivity index (χ2n) is 6.36. The van der Waals surface area contributed by atoms with Gasteiger partial charge in [-0.2, -0.15) is 28.2 Å². The number of alkyl halides is 3. The smallest absolute Gasteiger partial charge is 0.417 e. The number of rotatable bonds is 8. The molecule has 0 unspecified atom stereocenters. The van der Waals surface area contributed by atoms with Crippen molar-refractivity contribution < 1.29 is 22.3 Å². The molecule has 11 heteroatoms. The third-order valence-corrected chi connectivity index (χ3v) is 4.64. The minimum atomic E-state index is -4.68. The fourth-order valence-electron chi connectivity index (χ4n) is 2.85. The number of ether oxygens (including phenoxy) is 1. The average Bonchev–Trinajstić information content (AvgIpc) is 3.26. The highest BCUT2D eigenvalue weighted by Crippen LogP contribution is 2.31. The van der Waals surface area contributed by atoms with Gasteiger partial charge < -0.3 is 9.64 Å². The summed E-state index contributed by atoms with van der Waals surface area (Å²) >= 11 is 6.11. The Balaban J connectivity index is 1.71. The molecule has 0 aliphatic carbocycles. The summed E-state index contributed by atoms with van der Waals surface area (Å²) in [5.74, 6) is -1.68. The van der Waals surface area contributed by atoms with Gasteiger partial charge in [0.15, 0.2) is 5.82 Å². The van der Waals surface area contributed by atoms with Crippen LogP contribution < -0.4 is 4.74 Å². The van der Waals surface area contributed by atoms with Crippen LogP contribution in [-0.2, 0) is 6.18 Å². The predicted octanol–water partition coefficient (Wildman–Crippen LogP) is 4.85. The molecule has 0 atom stereocenters. The number of benzene rings is 1. The summed E-state index contributed by atoms with van der Waals surface area (Å²) in [6.07, 6.45) is -1.08. The summed E-state index contributed by atoms with van der Waals surface area (Å²) < 4.78 is 57.1. The van der Waals surface area contributed by atoms with Crippen molar-refractivity contribution in [1.29, 1.82) is 0 Å². The molecule has 31 heavy (non-hydrogen) atoms. The lowest BCUT2D eigenvalue weighted by Gasteiger charge is -2.26. The van der Waals surface area contributed by atoms with Gasteiger partial charge >= 0.3 is 6.18 Å². The highest BCUT2D eigenvalue weighted by atomic mass is 35.5. The Morgan fingerprint density at radius 3 is 2.55 bits per heavy atom. The second kappa shape index (κ2) is 9.34. The maximum absolute atomic E-state index is 13.9. The third kappa shape index (κ3) is 5.32. The molecule has 0 spiro atoms. The fourth-order valence-corrected chi connectivity index (χ4v) is 3.01. The SMILES string of the molecule is C=C(c1ccc(Cl)cc1-n1nccn1)N(CC)CCOc1ncc(C(F)(F)F)cc1F. The summed E-state index contributed by atoms with van der Waals surface area (Å²) in [5.41, 5.74) is 0.790. The number of hydrogen-bond donors (Lipinski definition) is 0. The van der Waals surface area contributed by atoms with Gasteiger partial charge in [0.2, 0.25) is 5.88 Å². The second-order valence-corrected chi connectivity index (χ2v) is 6.80. The highest BCUT2D eigenvalue weighted by molar-refractivity contribution is 6.30. The van der Waals surface area contributed by atoms with Gasteiger partial charge in [0.25, 0.3) is 0 Å². The van der Waals surface area contributed by atoms with E-state index in [0.29, 0.717) is 35.2 Å². The Morgan fingerprint density at radius 2 is 1.94 bits per heavy atom. The summed E-state index contributed by atoms with van der Waals surface area (Å²) in [7, 11) is 0. The zero-order chi connectivity index (χ0) is 22.6. The van der Waals surface area contributed by atoms with E-state index in [-0.39, 0.29) is 13.2 Å². The van der Waals surface area contributed by atoms with E-state index in [4.69, 9.17) is 16.3 Å². The first-order chi connectivity index (χ1) is 14.7. The quantitative estimate of drug-likeness (QED) is 0.455. The summed E-state index contributed by atoms with van der Waals surface area (Å²) in [6, 6.07) is 5.55. The molecular formula is C20H18ClF4N5O. The van der Waals surface area contributed by atoms with Crippen LogP contribution >= 0.6 is 11.6 Å². The number of hydrogen-bond acceptors (Lipinski definition) is 5. The maximum Gasteiger partial charge on any atom is 0.417 e. The molecule has 0 amide bonds. The van der Waals surface area contributed by atoms with E-state index in [1.807, 2.05) is 11.8 Å². The third-order valence-electron chi connectivity index (χ3n) is 4.40. The summed E-state index contributed by atoms with van der Waals surface area (Å²) in [5, 5.41) is 8.75. The van der Waals surface area contributed by atoms with Gasteiger partial charge in [-0.05, 0) is 31.2 Å². The Labute approximate surface area is 180 Å². The van der Waals surface area contributed by atoms with Crippen molar-refractivity contribution in [3.05, 3.63) is 71.4 Å². The minimum absolute atomic E-state index is 0.0227. The van der Waals surface area contributed by atoms with Crippen LogP contribution in [0.15, 0.2) is 49.4 Å². The van der Waals surface area contributed by atoms with Crippen molar-refractivity contribution >= 4 is 17.3 Å². The molecule has 0 N–H and O–H groups in total. The molecular weight excluding hydrogens is 438 g/mol.